The van der Waals surface area contributed by atoms with Gasteiger partial charge in [-0.2, -0.15) is 0 Å². The molecule has 0 bridgehead atoms. The van der Waals surface area contributed by atoms with Gasteiger partial charge in [-0.1, -0.05) is 30.4 Å². The molecule has 4 aromatic rings. The number of aromatic nitrogens is 2. The Morgan fingerprint density at radius 1 is 1.09 bits per heavy atom. The number of carbonyl (C=O) groups is 2. The second-order valence-electron chi connectivity index (χ2n) is 9.16. The Bertz CT molecular complexity index is 1500. The van der Waals surface area contributed by atoms with Crippen LogP contribution in [0.25, 0.3) is 38.8 Å². The van der Waals surface area contributed by atoms with E-state index in [1.165, 1.54) is 10.9 Å². The van der Waals surface area contributed by atoms with Crippen LogP contribution in [-0.4, -0.2) is 46.4 Å². The second kappa shape index (κ2) is 6.81. The van der Waals surface area contributed by atoms with E-state index < -0.39 is 0 Å². The number of benzene rings is 2. The van der Waals surface area contributed by atoms with Gasteiger partial charge in [0.25, 0.3) is 5.91 Å². The molecule has 1 aliphatic heterocycles. The number of carbonyl (C=O) groups excluding carboxylic acids is 2. The summed E-state index contributed by atoms with van der Waals surface area (Å²) in [6.45, 7) is 2.39. The largest absolute Gasteiger partial charge is 0.348 e. The molecule has 0 saturated carbocycles. The number of nitrogens with zero attached hydrogens (tertiary/aromatic N) is 3. The van der Waals surface area contributed by atoms with Gasteiger partial charge in [-0.3, -0.25) is 9.59 Å². The van der Waals surface area contributed by atoms with Gasteiger partial charge in [0.15, 0.2) is 5.78 Å². The summed E-state index contributed by atoms with van der Waals surface area (Å²) in [5.41, 5.74) is 6.69. The number of allylic oxidation sites excluding steroid dienone is 1. The van der Waals surface area contributed by atoms with Gasteiger partial charge in [0.2, 0.25) is 0 Å². The minimum atomic E-state index is -0.0452. The predicted molar refractivity (Wildman–Crippen MR) is 128 cm³/mol. The van der Waals surface area contributed by atoms with Gasteiger partial charge in [0, 0.05) is 53.8 Å². The lowest BCUT2D eigenvalue weighted by atomic mass is 9.94. The maximum Gasteiger partial charge on any atom is 0.252 e. The van der Waals surface area contributed by atoms with Crippen molar-refractivity contribution in [3.8, 4) is 0 Å². The Hall–Kier alpha value is -3.38. The van der Waals surface area contributed by atoms with Crippen molar-refractivity contribution in [3.63, 3.8) is 0 Å². The highest BCUT2D eigenvalue weighted by molar-refractivity contribution is 6.28. The summed E-state index contributed by atoms with van der Waals surface area (Å²) in [6, 6.07) is 8.46. The van der Waals surface area contributed by atoms with E-state index in [9.17, 15) is 9.59 Å². The Kier molecular flexibility index (Phi) is 4.11. The molecule has 0 spiro atoms. The Balaban J connectivity index is 1.82. The highest BCUT2D eigenvalue weighted by Gasteiger charge is 2.34. The highest BCUT2D eigenvalue weighted by atomic mass is 16.2. The first-order chi connectivity index (χ1) is 15.5. The van der Waals surface area contributed by atoms with Crippen LogP contribution >= 0.6 is 0 Å². The number of ketones is 1. The normalized spacial score (nSPS) is 15.4. The number of para-hydroxylation sites is 1. The van der Waals surface area contributed by atoms with Crippen LogP contribution in [0.15, 0.2) is 30.3 Å². The molecule has 0 radical (unpaired) electrons. The molecule has 0 atom stereocenters. The quantitative estimate of drug-likeness (QED) is 0.535. The molecule has 0 fully saturated rings. The van der Waals surface area contributed by atoms with Gasteiger partial charge < -0.3 is 19.4 Å². The van der Waals surface area contributed by atoms with Gasteiger partial charge in [-0.25, -0.2) is 0 Å². The Morgan fingerprint density at radius 2 is 1.91 bits per heavy atom. The summed E-state index contributed by atoms with van der Waals surface area (Å²) in [5, 5.41) is 6.28. The lowest BCUT2D eigenvalue weighted by Crippen LogP contribution is -2.15. The number of aryl methyl sites for hydroxylation is 2. The van der Waals surface area contributed by atoms with Crippen molar-refractivity contribution < 1.29 is 9.59 Å². The first kappa shape index (κ1) is 19.3. The molecule has 3 heterocycles. The van der Waals surface area contributed by atoms with E-state index in [-0.39, 0.29) is 11.7 Å². The standard InChI is InChI=1S/C26H26N4O2/c1-28(2)12-7-13-30-18-10-5-4-8-15(18)20-17-14-27-26(32)22(17)21-16-9-6-11-19(31)23(16)29(3)24(21)25(20)30/h4-6,8-10H,7,11-14H2,1-3H3,(H,27,32). The molecule has 162 valence electrons. The van der Waals surface area contributed by atoms with Crippen LogP contribution in [0.3, 0.4) is 0 Å². The summed E-state index contributed by atoms with van der Waals surface area (Å²) in [4.78, 5) is 28.2. The Morgan fingerprint density at radius 3 is 2.72 bits per heavy atom. The van der Waals surface area contributed by atoms with E-state index >= 15 is 0 Å². The molecule has 1 amide bonds. The van der Waals surface area contributed by atoms with Crippen LogP contribution in [0.4, 0.5) is 0 Å². The van der Waals surface area contributed by atoms with Gasteiger partial charge in [0.1, 0.15) is 0 Å². The number of amides is 1. The molecule has 1 N–H and O–H groups in total. The van der Waals surface area contributed by atoms with Crippen LogP contribution in [0, 0.1) is 0 Å². The van der Waals surface area contributed by atoms with Crippen molar-refractivity contribution in [1.82, 2.24) is 19.4 Å². The molecule has 32 heavy (non-hydrogen) atoms. The number of fused-ring (bicyclic) bond motifs is 10. The molecule has 2 aliphatic rings. The molecule has 2 aromatic heterocycles. The van der Waals surface area contributed by atoms with Crippen LogP contribution in [0.2, 0.25) is 0 Å². The zero-order valence-corrected chi connectivity index (χ0v) is 18.7. The van der Waals surface area contributed by atoms with Gasteiger partial charge in [-0.05, 0) is 38.7 Å². The van der Waals surface area contributed by atoms with Crippen molar-refractivity contribution in [1.29, 1.82) is 0 Å². The van der Waals surface area contributed by atoms with Crippen molar-refractivity contribution in [3.05, 3.63) is 52.7 Å². The molecular formula is C26H26N4O2. The zero-order valence-electron chi connectivity index (χ0n) is 18.7. The van der Waals surface area contributed by atoms with Crippen molar-refractivity contribution in [2.75, 3.05) is 20.6 Å². The molecule has 1 aliphatic carbocycles. The number of rotatable bonds is 4. The smallest absolute Gasteiger partial charge is 0.252 e. The molecule has 6 heteroatoms. The van der Waals surface area contributed by atoms with E-state index in [2.05, 4.69) is 53.1 Å². The van der Waals surface area contributed by atoms with Crippen molar-refractivity contribution >= 4 is 50.5 Å². The van der Waals surface area contributed by atoms with E-state index in [0.717, 1.165) is 58.0 Å². The SMILES string of the molecule is CN(C)CCCn1c2ccccc2c2c3c(c4c5c(n(C)c4c21)C(=O)CC=C5)C(=O)NC3. The maximum absolute atomic E-state index is 13.0. The summed E-state index contributed by atoms with van der Waals surface area (Å²) >= 11 is 0. The van der Waals surface area contributed by atoms with Gasteiger partial charge in [-0.15, -0.1) is 0 Å². The van der Waals surface area contributed by atoms with Crippen molar-refractivity contribution in [2.45, 2.75) is 25.9 Å². The van der Waals surface area contributed by atoms with E-state index in [4.69, 9.17) is 0 Å². The highest BCUT2D eigenvalue weighted by Crippen LogP contribution is 2.45. The third kappa shape index (κ3) is 2.44. The molecule has 6 rings (SSSR count). The fourth-order valence-electron chi connectivity index (χ4n) is 5.71. The predicted octanol–water partition coefficient (Wildman–Crippen LogP) is 4.08. The third-order valence-electron chi connectivity index (χ3n) is 6.97. The summed E-state index contributed by atoms with van der Waals surface area (Å²) in [7, 11) is 6.16. The van der Waals surface area contributed by atoms with Crippen molar-refractivity contribution in [2.24, 2.45) is 7.05 Å². The van der Waals surface area contributed by atoms with Crippen LogP contribution in [0.5, 0.6) is 0 Å². The number of nitrogens with one attached hydrogen (secondary N) is 1. The van der Waals surface area contributed by atoms with Gasteiger partial charge in [0.05, 0.1) is 22.3 Å². The van der Waals surface area contributed by atoms with E-state index in [1.807, 2.05) is 23.8 Å². The summed E-state index contributed by atoms with van der Waals surface area (Å²) in [5.74, 6) is 0.0629. The van der Waals surface area contributed by atoms with Crippen LogP contribution in [-0.2, 0) is 20.1 Å². The molecule has 0 saturated heterocycles. The lowest BCUT2D eigenvalue weighted by molar-refractivity contribution is 0.0963. The van der Waals surface area contributed by atoms with E-state index in [1.54, 1.807) is 0 Å². The van der Waals surface area contributed by atoms with Gasteiger partial charge >= 0.3 is 0 Å². The first-order valence-corrected chi connectivity index (χ1v) is 11.2. The number of hydrogen-bond donors (Lipinski definition) is 1. The summed E-state index contributed by atoms with van der Waals surface area (Å²) in [6.07, 6.45) is 5.36. The number of hydrogen-bond acceptors (Lipinski definition) is 3. The fourth-order valence-corrected chi connectivity index (χ4v) is 5.71. The topological polar surface area (TPSA) is 59.3 Å². The minimum absolute atomic E-state index is 0.0452. The minimum Gasteiger partial charge on any atom is -0.348 e. The lowest BCUT2D eigenvalue weighted by Gasteiger charge is -2.13. The molecule has 2 aromatic carbocycles. The molecule has 6 nitrogen and oxygen atoms in total. The summed E-state index contributed by atoms with van der Waals surface area (Å²) < 4.78 is 4.44. The monoisotopic (exact) mass is 426 g/mol. The zero-order chi connectivity index (χ0) is 22.1. The molecule has 0 unspecified atom stereocenters. The van der Waals surface area contributed by atoms with Crippen LogP contribution < -0.4 is 5.32 Å². The van der Waals surface area contributed by atoms with Crippen LogP contribution in [0.1, 0.15) is 44.8 Å². The Labute approximate surface area is 186 Å². The number of Topliss-reactive ketones (excluding diaryl/α,β-unsaturated/α-hetero) is 1. The maximum atomic E-state index is 13.0. The molecular weight excluding hydrogens is 400 g/mol. The average Bonchev–Trinajstić information content (AvgIpc) is 3.40. The van der Waals surface area contributed by atoms with E-state index in [0.29, 0.717) is 18.7 Å². The first-order valence-electron chi connectivity index (χ1n) is 11.2. The second-order valence-corrected chi connectivity index (χ2v) is 9.16. The average molecular weight is 427 g/mol. The fraction of sp³-hybridized carbons (Fsp3) is 0.308. The third-order valence-corrected chi connectivity index (χ3v) is 6.97.